The monoisotopic (exact) mass is 329 g/mol. The summed E-state index contributed by atoms with van der Waals surface area (Å²) < 4.78 is 1.63. The molecule has 104 valence electrons. The molecular formula is C13H10Cl3N3O. The lowest BCUT2D eigenvalue weighted by Gasteiger charge is -2.09. The lowest BCUT2D eigenvalue weighted by molar-refractivity contribution is 0.0990. The molecule has 1 aromatic carbocycles. The van der Waals surface area contributed by atoms with E-state index in [1.165, 1.54) is 0 Å². The second kappa shape index (κ2) is 4.38. The van der Waals surface area contributed by atoms with Crippen molar-refractivity contribution in [1.29, 1.82) is 0 Å². The minimum Gasteiger partial charge on any atom is -0.313 e. The molecule has 0 aliphatic rings. The average molecular weight is 331 g/mol. The lowest BCUT2D eigenvalue weighted by Crippen LogP contribution is -2.21. The number of carbonyl (C=O) groups excluding carboxylic acids is 1. The van der Waals surface area contributed by atoms with E-state index in [2.05, 4.69) is 4.98 Å². The number of benzene rings is 1. The molecule has 3 aromatic rings. The number of hydrogen-bond donors (Lipinski definition) is 0. The van der Waals surface area contributed by atoms with Crippen LogP contribution in [-0.4, -0.2) is 23.5 Å². The zero-order chi connectivity index (χ0) is 14.7. The second-order valence-corrected chi connectivity index (χ2v) is 6.84. The van der Waals surface area contributed by atoms with Crippen molar-refractivity contribution in [3.8, 4) is 0 Å². The Morgan fingerprint density at radius 1 is 1.20 bits per heavy atom. The fourth-order valence-corrected chi connectivity index (χ4v) is 2.68. The van der Waals surface area contributed by atoms with Crippen molar-refractivity contribution in [3.63, 3.8) is 0 Å². The summed E-state index contributed by atoms with van der Waals surface area (Å²) >= 11 is 17.2. The third kappa shape index (κ3) is 1.83. The zero-order valence-electron chi connectivity index (χ0n) is 10.7. The summed E-state index contributed by atoms with van der Waals surface area (Å²) in [7, 11) is 1.88. The molecule has 0 N–H and O–H groups in total. The lowest BCUT2D eigenvalue weighted by atomic mass is 10.2. The number of imidazole rings is 2. The van der Waals surface area contributed by atoms with Gasteiger partial charge in [0.05, 0.1) is 16.7 Å². The number of nitrogens with zero attached hydrogens (tertiary/aromatic N) is 3. The fourth-order valence-electron chi connectivity index (χ4n) is 2.41. The Labute approximate surface area is 129 Å². The maximum absolute atomic E-state index is 12.3. The van der Waals surface area contributed by atoms with Crippen molar-refractivity contribution in [2.45, 2.75) is 10.7 Å². The highest BCUT2D eigenvalue weighted by Crippen LogP contribution is 2.33. The van der Waals surface area contributed by atoms with E-state index in [9.17, 15) is 4.79 Å². The van der Waals surface area contributed by atoms with Crippen LogP contribution in [0.1, 0.15) is 16.2 Å². The number of aryl methyl sites for hydroxylation is 2. The van der Waals surface area contributed by atoms with Gasteiger partial charge in [0, 0.05) is 7.05 Å². The smallest absolute Gasteiger partial charge is 0.255 e. The average Bonchev–Trinajstić information content (AvgIpc) is 2.84. The van der Waals surface area contributed by atoms with Crippen molar-refractivity contribution in [1.82, 2.24) is 14.0 Å². The Bertz CT molecular complexity index is 842. The number of rotatable bonds is 1. The quantitative estimate of drug-likeness (QED) is 0.504. The van der Waals surface area contributed by atoms with E-state index in [1.807, 2.05) is 35.9 Å². The van der Waals surface area contributed by atoms with Gasteiger partial charge in [-0.25, -0.2) is 4.98 Å². The van der Waals surface area contributed by atoms with Crippen molar-refractivity contribution < 1.29 is 4.79 Å². The highest BCUT2D eigenvalue weighted by Gasteiger charge is 2.36. The van der Waals surface area contributed by atoms with Crippen LogP contribution < -0.4 is 0 Å². The van der Waals surface area contributed by atoms with Crippen LogP contribution in [0.3, 0.4) is 0 Å². The van der Waals surface area contributed by atoms with Crippen LogP contribution in [0.25, 0.3) is 16.8 Å². The number of para-hydroxylation sites is 2. The van der Waals surface area contributed by atoms with E-state index in [0.29, 0.717) is 17.2 Å². The molecule has 2 aromatic heterocycles. The third-order valence-corrected chi connectivity index (χ3v) is 3.81. The predicted octanol–water partition coefficient (Wildman–Crippen LogP) is 3.69. The topological polar surface area (TPSA) is 39.3 Å². The van der Waals surface area contributed by atoms with Crippen molar-refractivity contribution >= 4 is 57.4 Å². The number of halogens is 3. The second-order valence-electron chi connectivity index (χ2n) is 4.56. The number of ketones is 1. The Kier molecular flexibility index (Phi) is 3.01. The molecule has 0 atom stereocenters. The van der Waals surface area contributed by atoms with Crippen LogP contribution in [0.15, 0.2) is 24.3 Å². The van der Waals surface area contributed by atoms with Gasteiger partial charge in [-0.3, -0.25) is 9.20 Å². The molecule has 0 saturated heterocycles. The molecule has 0 radical (unpaired) electrons. The van der Waals surface area contributed by atoms with Crippen LogP contribution >= 0.6 is 34.8 Å². The number of fused-ring (bicyclic) bond motifs is 3. The van der Waals surface area contributed by atoms with Gasteiger partial charge in [0.2, 0.25) is 11.6 Å². The van der Waals surface area contributed by atoms with Gasteiger partial charge in [0.25, 0.3) is 3.79 Å². The van der Waals surface area contributed by atoms with Crippen LogP contribution in [-0.2, 0) is 7.05 Å². The highest BCUT2D eigenvalue weighted by molar-refractivity contribution is 6.77. The number of Topliss-reactive ketones (excluding diaryl/α,β-unsaturated/α-hetero) is 1. The number of hydrogen-bond acceptors (Lipinski definition) is 2. The summed E-state index contributed by atoms with van der Waals surface area (Å²) in [6.45, 7) is 1.73. The molecule has 0 aliphatic carbocycles. The third-order valence-electron chi connectivity index (χ3n) is 3.29. The highest BCUT2D eigenvalue weighted by atomic mass is 35.6. The molecule has 0 fully saturated rings. The Morgan fingerprint density at radius 2 is 1.80 bits per heavy atom. The minimum absolute atomic E-state index is 0.303. The molecular weight excluding hydrogens is 321 g/mol. The first kappa shape index (κ1) is 13.7. The van der Waals surface area contributed by atoms with E-state index in [1.54, 1.807) is 11.3 Å². The number of carbonyl (C=O) groups is 1. The van der Waals surface area contributed by atoms with E-state index >= 15 is 0 Å². The Balaban J connectivity index is 2.46. The molecule has 3 rings (SSSR count). The van der Waals surface area contributed by atoms with Gasteiger partial charge >= 0.3 is 0 Å². The van der Waals surface area contributed by atoms with E-state index in [0.717, 1.165) is 11.0 Å². The Morgan fingerprint density at radius 3 is 2.40 bits per heavy atom. The first-order valence-corrected chi connectivity index (χ1v) is 6.99. The molecule has 0 saturated carbocycles. The first-order chi connectivity index (χ1) is 9.32. The molecule has 7 heteroatoms. The van der Waals surface area contributed by atoms with E-state index in [-0.39, 0.29) is 0 Å². The molecule has 20 heavy (non-hydrogen) atoms. The zero-order valence-corrected chi connectivity index (χ0v) is 13.0. The molecule has 4 nitrogen and oxygen atoms in total. The largest absolute Gasteiger partial charge is 0.313 e. The number of alkyl halides is 3. The molecule has 0 spiro atoms. The van der Waals surface area contributed by atoms with Gasteiger partial charge in [-0.1, -0.05) is 46.9 Å². The van der Waals surface area contributed by atoms with E-state index < -0.39 is 9.58 Å². The van der Waals surface area contributed by atoms with Crippen LogP contribution in [0.5, 0.6) is 0 Å². The van der Waals surface area contributed by atoms with Gasteiger partial charge in [-0.15, -0.1) is 0 Å². The van der Waals surface area contributed by atoms with Crippen LogP contribution in [0, 0.1) is 6.92 Å². The van der Waals surface area contributed by atoms with Gasteiger partial charge in [-0.05, 0) is 19.1 Å². The van der Waals surface area contributed by atoms with Gasteiger partial charge in [-0.2, -0.15) is 0 Å². The van der Waals surface area contributed by atoms with Crippen molar-refractivity contribution in [3.05, 3.63) is 35.7 Å². The summed E-state index contributed by atoms with van der Waals surface area (Å²) in [5.41, 5.74) is 2.64. The normalized spacial score (nSPS) is 12.4. The van der Waals surface area contributed by atoms with Crippen molar-refractivity contribution in [2.24, 2.45) is 7.05 Å². The fraction of sp³-hybridized carbons (Fsp3) is 0.231. The summed E-state index contributed by atoms with van der Waals surface area (Å²) in [4.78, 5) is 16.8. The molecule has 2 heterocycles. The maximum atomic E-state index is 12.3. The molecule has 0 amide bonds. The van der Waals surface area contributed by atoms with Crippen LogP contribution in [0.2, 0.25) is 0 Å². The Hall–Kier alpha value is -1.23. The van der Waals surface area contributed by atoms with Crippen LogP contribution in [0.4, 0.5) is 0 Å². The molecule has 0 unspecified atom stereocenters. The summed E-state index contributed by atoms with van der Waals surface area (Å²) in [6.07, 6.45) is 0. The summed E-state index contributed by atoms with van der Waals surface area (Å²) in [5.74, 6) is 0.0603. The van der Waals surface area contributed by atoms with Gasteiger partial charge in [0.15, 0.2) is 0 Å². The molecule has 0 bridgehead atoms. The summed E-state index contributed by atoms with van der Waals surface area (Å²) in [5, 5.41) is 0. The summed E-state index contributed by atoms with van der Waals surface area (Å²) in [6, 6.07) is 7.66. The SMILES string of the molecule is Cc1nc2n(C)c3ccccc3n2c1C(=O)C(Cl)(Cl)Cl. The maximum Gasteiger partial charge on any atom is 0.255 e. The minimum atomic E-state index is -2.00. The van der Waals surface area contributed by atoms with Gasteiger partial charge < -0.3 is 4.57 Å². The van der Waals surface area contributed by atoms with Gasteiger partial charge in [0.1, 0.15) is 5.69 Å². The number of aromatic nitrogens is 3. The predicted molar refractivity (Wildman–Crippen MR) is 81.0 cm³/mol. The van der Waals surface area contributed by atoms with E-state index in [4.69, 9.17) is 34.8 Å². The molecule has 0 aliphatic heterocycles. The standard InChI is InChI=1S/C13H10Cl3N3O/c1-7-10(11(20)13(14,15)16)19-9-6-4-3-5-8(9)18(2)12(19)17-7/h3-6H,1-2H3. The van der Waals surface area contributed by atoms with Crippen molar-refractivity contribution in [2.75, 3.05) is 0 Å². The first-order valence-electron chi connectivity index (χ1n) is 5.86.